The highest BCUT2D eigenvalue weighted by atomic mass is 32.2. The molecule has 0 saturated carbocycles. The van der Waals surface area contributed by atoms with Crippen molar-refractivity contribution in [2.75, 3.05) is 6.54 Å². The summed E-state index contributed by atoms with van der Waals surface area (Å²) in [6.07, 6.45) is -5.36. The van der Waals surface area contributed by atoms with Crippen molar-refractivity contribution < 1.29 is 26.7 Å². The van der Waals surface area contributed by atoms with Gasteiger partial charge in [0.2, 0.25) is 10.0 Å². The Labute approximate surface area is 109 Å². The zero-order chi connectivity index (χ0) is 14.7. The quantitative estimate of drug-likeness (QED) is 0.870. The second-order valence-corrected chi connectivity index (χ2v) is 5.76. The molecule has 108 valence electrons. The topological polar surface area (TPSA) is 66.4 Å². The molecule has 0 aliphatic heterocycles. The molecule has 2 N–H and O–H groups in total. The van der Waals surface area contributed by atoms with Gasteiger partial charge >= 0.3 is 6.18 Å². The molecule has 0 fully saturated rings. The van der Waals surface area contributed by atoms with E-state index in [-0.39, 0.29) is 13.0 Å². The number of benzene rings is 1. The van der Waals surface area contributed by atoms with Crippen LogP contribution in [0.3, 0.4) is 0 Å². The van der Waals surface area contributed by atoms with Crippen LogP contribution in [0.2, 0.25) is 0 Å². The standard InChI is InChI=1S/C11H14F3NO3S/c1-8(16)6-7-15-19(17,18)10-5-3-2-4-9(10)11(12,13)14/h2-5,8,15-16H,6-7H2,1H3. The molecule has 0 aliphatic carbocycles. The summed E-state index contributed by atoms with van der Waals surface area (Å²) in [5.74, 6) is 0. The summed E-state index contributed by atoms with van der Waals surface area (Å²) in [6, 6.07) is 3.95. The smallest absolute Gasteiger partial charge is 0.393 e. The number of alkyl halides is 3. The number of hydrogen-bond donors (Lipinski definition) is 2. The Morgan fingerprint density at radius 3 is 2.42 bits per heavy atom. The molecule has 0 radical (unpaired) electrons. The van der Waals surface area contributed by atoms with Gasteiger partial charge in [-0.05, 0) is 25.5 Å². The Kier molecular flexibility index (Phi) is 4.94. The molecule has 1 rings (SSSR count). The molecule has 4 nitrogen and oxygen atoms in total. The Morgan fingerprint density at radius 1 is 1.32 bits per heavy atom. The number of halogens is 3. The number of aliphatic hydroxyl groups excluding tert-OH is 1. The minimum atomic E-state index is -4.74. The highest BCUT2D eigenvalue weighted by Crippen LogP contribution is 2.33. The van der Waals surface area contributed by atoms with E-state index in [0.717, 1.165) is 12.1 Å². The van der Waals surface area contributed by atoms with Crippen LogP contribution in [0.25, 0.3) is 0 Å². The Morgan fingerprint density at radius 2 is 1.89 bits per heavy atom. The lowest BCUT2D eigenvalue weighted by Crippen LogP contribution is -2.28. The van der Waals surface area contributed by atoms with Crippen LogP contribution in [0, 0.1) is 0 Å². The molecule has 8 heteroatoms. The summed E-state index contributed by atoms with van der Waals surface area (Å²) in [7, 11) is -4.25. The molecule has 0 aliphatic rings. The number of nitrogens with one attached hydrogen (secondary N) is 1. The van der Waals surface area contributed by atoms with Gasteiger partial charge in [-0.25, -0.2) is 13.1 Å². The molecule has 1 atom stereocenters. The molecule has 1 unspecified atom stereocenters. The minimum Gasteiger partial charge on any atom is -0.393 e. The fourth-order valence-electron chi connectivity index (χ4n) is 1.42. The maximum absolute atomic E-state index is 12.7. The zero-order valence-corrected chi connectivity index (χ0v) is 10.9. The summed E-state index contributed by atoms with van der Waals surface area (Å²) >= 11 is 0. The third kappa shape index (κ3) is 4.48. The van der Waals surface area contributed by atoms with Crippen LogP contribution in [-0.2, 0) is 16.2 Å². The molecule has 0 bridgehead atoms. The molecular formula is C11H14F3NO3S. The van der Waals surface area contributed by atoms with Crippen molar-refractivity contribution >= 4 is 10.0 Å². The van der Waals surface area contributed by atoms with Crippen molar-refractivity contribution in [1.82, 2.24) is 4.72 Å². The van der Waals surface area contributed by atoms with Gasteiger partial charge < -0.3 is 5.11 Å². The largest absolute Gasteiger partial charge is 0.417 e. The van der Waals surface area contributed by atoms with Crippen molar-refractivity contribution in [3.63, 3.8) is 0 Å². The molecule has 0 spiro atoms. The summed E-state index contributed by atoms with van der Waals surface area (Å²) in [4.78, 5) is -0.812. The summed E-state index contributed by atoms with van der Waals surface area (Å²) in [5, 5.41) is 8.99. The lowest BCUT2D eigenvalue weighted by atomic mass is 10.2. The van der Waals surface area contributed by atoms with E-state index < -0.39 is 32.8 Å². The van der Waals surface area contributed by atoms with Gasteiger partial charge in [-0.15, -0.1) is 0 Å². The normalized spacial score (nSPS) is 14.4. The van der Waals surface area contributed by atoms with E-state index in [4.69, 9.17) is 5.11 Å². The fraction of sp³-hybridized carbons (Fsp3) is 0.455. The van der Waals surface area contributed by atoms with E-state index in [1.54, 1.807) is 0 Å². The molecule has 0 saturated heterocycles. The van der Waals surface area contributed by atoms with Crippen LogP contribution in [0.4, 0.5) is 13.2 Å². The van der Waals surface area contributed by atoms with E-state index in [9.17, 15) is 21.6 Å². The van der Waals surface area contributed by atoms with Gasteiger partial charge in [-0.3, -0.25) is 0 Å². The van der Waals surface area contributed by atoms with Crippen LogP contribution in [-0.4, -0.2) is 26.2 Å². The first-order valence-electron chi connectivity index (χ1n) is 5.48. The predicted octanol–water partition coefficient (Wildman–Crippen LogP) is 1.75. The van der Waals surface area contributed by atoms with E-state index >= 15 is 0 Å². The average molecular weight is 297 g/mol. The Bertz CT molecular complexity index is 526. The molecular weight excluding hydrogens is 283 g/mol. The van der Waals surface area contributed by atoms with Crippen molar-refractivity contribution in [1.29, 1.82) is 0 Å². The van der Waals surface area contributed by atoms with Crippen LogP contribution in [0.5, 0.6) is 0 Å². The first-order valence-corrected chi connectivity index (χ1v) is 6.97. The summed E-state index contributed by atoms with van der Waals surface area (Å²) in [5.41, 5.74) is -1.21. The van der Waals surface area contributed by atoms with Crippen LogP contribution in [0.15, 0.2) is 29.2 Å². The summed E-state index contributed by atoms with van der Waals surface area (Å²) < 4.78 is 63.7. The van der Waals surface area contributed by atoms with Gasteiger partial charge in [0.25, 0.3) is 0 Å². The van der Waals surface area contributed by atoms with Gasteiger partial charge in [0, 0.05) is 6.54 Å². The van der Waals surface area contributed by atoms with E-state index in [2.05, 4.69) is 0 Å². The van der Waals surface area contributed by atoms with Crippen LogP contribution in [0.1, 0.15) is 18.9 Å². The third-order valence-corrected chi connectivity index (χ3v) is 3.86. The van der Waals surface area contributed by atoms with Crippen molar-refractivity contribution in [2.45, 2.75) is 30.5 Å². The molecule has 0 heterocycles. The van der Waals surface area contributed by atoms with Crippen molar-refractivity contribution in [2.24, 2.45) is 0 Å². The molecule has 1 aromatic carbocycles. The highest BCUT2D eigenvalue weighted by Gasteiger charge is 2.36. The van der Waals surface area contributed by atoms with Gasteiger partial charge in [0.05, 0.1) is 16.6 Å². The minimum absolute atomic E-state index is 0.118. The predicted molar refractivity (Wildman–Crippen MR) is 62.9 cm³/mol. The van der Waals surface area contributed by atoms with Crippen LogP contribution >= 0.6 is 0 Å². The van der Waals surface area contributed by atoms with Crippen LogP contribution < -0.4 is 4.72 Å². The maximum atomic E-state index is 12.7. The van der Waals surface area contributed by atoms with Gasteiger partial charge in [-0.2, -0.15) is 13.2 Å². The second kappa shape index (κ2) is 5.89. The number of sulfonamides is 1. The zero-order valence-electron chi connectivity index (χ0n) is 10.1. The lowest BCUT2D eigenvalue weighted by molar-refractivity contribution is -0.139. The Hall–Kier alpha value is -1.12. The maximum Gasteiger partial charge on any atom is 0.417 e. The van der Waals surface area contributed by atoms with Gasteiger partial charge in [-0.1, -0.05) is 12.1 Å². The van der Waals surface area contributed by atoms with E-state index in [1.807, 2.05) is 4.72 Å². The molecule has 1 aromatic rings. The SMILES string of the molecule is CC(O)CCNS(=O)(=O)c1ccccc1C(F)(F)F. The molecule has 0 aromatic heterocycles. The monoisotopic (exact) mass is 297 g/mol. The number of hydrogen-bond acceptors (Lipinski definition) is 3. The second-order valence-electron chi connectivity index (χ2n) is 4.03. The first kappa shape index (κ1) is 15.9. The van der Waals surface area contributed by atoms with Crippen molar-refractivity contribution in [3.8, 4) is 0 Å². The average Bonchev–Trinajstić information content (AvgIpc) is 2.27. The first-order chi connectivity index (χ1) is 8.64. The Balaban J connectivity index is 3.02. The number of aliphatic hydroxyl groups is 1. The molecule has 19 heavy (non-hydrogen) atoms. The highest BCUT2D eigenvalue weighted by molar-refractivity contribution is 7.89. The lowest BCUT2D eigenvalue weighted by Gasteiger charge is -2.14. The fourth-order valence-corrected chi connectivity index (χ4v) is 2.69. The van der Waals surface area contributed by atoms with E-state index in [1.165, 1.54) is 13.0 Å². The van der Waals surface area contributed by atoms with Gasteiger partial charge in [0.1, 0.15) is 0 Å². The molecule has 0 amide bonds. The van der Waals surface area contributed by atoms with Crippen molar-refractivity contribution in [3.05, 3.63) is 29.8 Å². The summed E-state index contributed by atoms with van der Waals surface area (Å²) in [6.45, 7) is 1.32. The van der Waals surface area contributed by atoms with E-state index in [0.29, 0.717) is 6.07 Å². The third-order valence-electron chi connectivity index (χ3n) is 2.34. The van der Waals surface area contributed by atoms with Gasteiger partial charge in [0.15, 0.2) is 0 Å². The number of rotatable bonds is 5.